The number of anilines is 1. The lowest BCUT2D eigenvalue weighted by Crippen LogP contribution is -2.44. The van der Waals surface area contributed by atoms with Gasteiger partial charge in [0.2, 0.25) is 11.8 Å². The molecule has 2 heterocycles. The lowest BCUT2D eigenvalue weighted by molar-refractivity contribution is -0.135. The van der Waals surface area contributed by atoms with E-state index in [1.165, 1.54) is 12.8 Å². The van der Waals surface area contributed by atoms with E-state index >= 15 is 0 Å². The van der Waals surface area contributed by atoms with Crippen LogP contribution in [0.2, 0.25) is 0 Å². The third-order valence-electron chi connectivity index (χ3n) is 6.77. The molecule has 2 aliphatic rings. The van der Waals surface area contributed by atoms with Crippen LogP contribution < -0.4 is 10.1 Å². The normalized spacial score (nSPS) is 18.5. The van der Waals surface area contributed by atoms with E-state index in [-0.39, 0.29) is 30.1 Å². The van der Waals surface area contributed by atoms with Gasteiger partial charge in [0.25, 0.3) is 5.91 Å². The van der Waals surface area contributed by atoms with Crippen molar-refractivity contribution in [2.45, 2.75) is 44.9 Å². The second-order valence-corrected chi connectivity index (χ2v) is 9.36. The Hall–Kier alpha value is -3.35. The van der Waals surface area contributed by atoms with Crippen LogP contribution in [0.1, 0.15) is 55.3 Å². The van der Waals surface area contributed by atoms with E-state index in [1.54, 1.807) is 29.2 Å². The predicted molar refractivity (Wildman–Crippen MR) is 135 cm³/mol. The second-order valence-electron chi connectivity index (χ2n) is 9.36. The summed E-state index contributed by atoms with van der Waals surface area (Å²) in [6, 6.07) is 16.6. The van der Waals surface area contributed by atoms with Gasteiger partial charge in [-0.05, 0) is 62.1 Å². The number of benzene rings is 2. The molecule has 0 radical (unpaired) electrons. The quantitative estimate of drug-likeness (QED) is 0.643. The lowest BCUT2D eigenvalue weighted by Gasteiger charge is -2.32. The number of hydrogen-bond donors (Lipinski definition) is 1. The van der Waals surface area contributed by atoms with E-state index in [4.69, 9.17) is 4.74 Å². The van der Waals surface area contributed by atoms with Crippen molar-refractivity contribution in [3.63, 3.8) is 0 Å². The van der Waals surface area contributed by atoms with Crippen LogP contribution in [0.25, 0.3) is 0 Å². The van der Waals surface area contributed by atoms with Crippen LogP contribution >= 0.6 is 0 Å². The highest BCUT2D eigenvalue weighted by molar-refractivity contribution is 5.96. The molecule has 0 saturated carbocycles. The van der Waals surface area contributed by atoms with Crippen LogP contribution in [0.15, 0.2) is 54.6 Å². The molecule has 7 heteroatoms. The molecule has 2 aliphatic heterocycles. The highest BCUT2D eigenvalue weighted by Gasteiger charge is 2.28. The molecular weight excluding hydrogens is 442 g/mol. The van der Waals surface area contributed by atoms with Gasteiger partial charge in [-0.3, -0.25) is 14.4 Å². The van der Waals surface area contributed by atoms with Crippen LogP contribution in [-0.4, -0.2) is 60.3 Å². The van der Waals surface area contributed by atoms with E-state index in [0.29, 0.717) is 30.9 Å². The molecule has 1 atom stereocenters. The molecule has 1 N–H and O–H groups in total. The van der Waals surface area contributed by atoms with Gasteiger partial charge in [-0.25, -0.2) is 0 Å². The number of nitrogens with zero attached hydrogens (tertiary/aromatic N) is 2. The Morgan fingerprint density at radius 3 is 2.23 bits per heavy atom. The molecule has 2 aromatic rings. The highest BCUT2D eigenvalue weighted by Crippen LogP contribution is 2.21. The SMILES string of the molecule is O=C(Nc1ccc(C(=O)N2CCCCCC2)cc1)C1CCCN(C(=O)CCOc2ccccc2)C1. The predicted octanol–water partition coefficient (Wildman–Crippen LogP) is 4.35. The number of piperidine rings is 1. The molecule has 4 rings (SSSR count). The maximum Gasteiger partial charge on any atom is 0.253 e. The van der Waals surface area contributed by atoms with Crippen LogP contribution in [0, 0.1) is 5.92 Å². The van der Waals surface area contributed by atoms with Crippen LogP contribution in [0.5, 0.6) is 5.75 Å². The van der Waals surface area contributed by atoms with Gasteiger partial charge in [0.1, 0.15) is 5.75 Å². The minimum absolute atomic E-state index is 0.00908. The first-order valence-corrected chi connectivity index (χ1v) is 12.8. The summed E-state index contributed by atoms with van der Waals surface area (Å²) in [5, 5.41) is 2.96. The number of hydrogen-bond acceptors (Lipinski definition) is 4. The summed E-state index contributed by atoms with van der Waals surface area (Å²) in [6.45, 7) is 3.03. The second kappa shape index (κ2) is 12.4. The van der Waals surface area contributed by atoms with Crippen molar-refractivity contribution in [1.29, 1.82) is 0 Å². The van der Waals surface area contributed by atoms with Gasteiger partial charge in [-0.15, -0.1) is 0 Å². The summed E-state index contributed by atoms with van der Waals surface area (Å²) in [6.07, 6.45) is 6.31. The van der Waals surface area contributed by atoms with Crippen molar-refractivity contribution in [2.24, 2.45) is 5.92 Å². The molecule has 2 fully saturated rings. The van der Waals surface area contributed by atoms with Gasteiger partial charge < -0.3 is 19.9 Å². The standard InChI is InChI=1S/C28H35N3O4/c32-26(16-20-35-25-10-4-3-5-11-25)31-19-8-9-23(21-31)27(33)29-24-14-12-22(13-15-24)28(34)30-17-6-1-2-7-18-30/h3-5,10-15,23H,1-2,6-9,16-21H2,(H,29,33). The summed E-state index contributed by atoms with van der Waals surface area (Å²) in [4.78, 5) is 42.0. The fourth-order valence-electron chi connectivity index (χ4n) is 4.75. The molecule has 3 amide bonds. The van der Waals surface area contributed by atoms with Crippen molar-refractivity contribution in [3.05, 3.63) is 60.2 Å². The molecular formula is C28H35N3O4. The molecule has 2 saturated heterocycles. The van der Waals surface area contributed by atoms with E-state index < -0.39 is 0 Å². The topological polar surface area (TPSA) is 79.0 Å². The summed E-state index contributed by atoms with van der Waals surface area (Å²) in [5.41, 5.74) is 1.32. The zero-order chi connectivity index (χ0) is 24.5. The van der Waals surface area contributed by atoms with Crippen molar-refractivity contribution < 1.29 is 19.1 Å². The lowest BCUT2D eigenvalue weighted by atomic mass is 9.96. The number of rotatable bonds is 7. The van der Waals surface area contributed by atoms with E-state index in [2.05, 4.69) is 5.32 Å². The summed E-state index contributed by atoms with van der Waals surface area (Å²) >= 11 is 0. The number of likely N-dealkylation sites (tertiary alicyclic amines) is 2. The largest absolute Gasteiger partial charge is 0.493 e. The molecule has 7 nitrogen and oxygen atoms in total. The Kier molecular flexibility index (Phi) is 8.76. The van der Waals surface area contributed by atoms with Gasteiger partial charge in [0, 0.05) is 37.4 Å². The molecule has 0 spiro atoms. The number of carbonyl (C=O) groups is 3. The zero-order valence-electron chi connectivity index (χ0n) is 20.3. The highest BCUT2D eigenvalue weighted by atomic mass is 16.5. The minimum Gasteiger partial charge on any atom is -0.493 e. The van der Waals surface area contributed by atoms with Gasteiger partial charge in [-0.2, -0.15) is 0 Å². The van der Waals surface area contributed by atoms with Gasteiger partial charge >= 0.3 is 0 Å². The first kappa shape index (κ1) is 24.8. The van der Waals surface area contributed by atoms with Crippen LogP contribution in [-0.2, 0) is 9.59 Å². The molecule has 186 valence electrons. The van der Waals surface area contributed by atoms with Gasteiger partial charge in [-0.1, -0.05) is 31.0 Å². The number of ether oxygens (including phenoxy) is 1. The van der Waals surface area contributed by atoms with E-state index in [0.717, 1.165) is 44.5 Å². The van der Waals surface area contributed by atoms with Gasteiger partial charge in [0.15, 0.2) is 0 Å². The summed E-state index contributed by atoms with van der Waals surface area (Å²) in [7, 11) is 0. The zero-order valence-corrected chi connectivity index (χ0v) is 20.3. The fraction of sp³-hybridized carbons (Fsp3) is 0.464. The number of amides is 3. The van der Waals surface area contributed by atoms with E-state index in [1.807, 2.05) is 35.2 Å². The van der Waals surface area contributed by atoms with Crippen molar-refractivity contribution >= 4 is 23.4 Å². The summed E-state index contributed by atoms with van der Waals surface area (Å²) < 4.78 is 5.64. The Labute approximate surface area is 207 Å². The first-order valence-electron chi connectivity index (χ1n) is 12.8. The van der Waals surface area contributed by atoms with E-state index in [9.17, 15) is 14.4 Å². The number of para-hydroxylation sites is 1. The Morgan fingerprint density at radius 2 is 1.51 bits per heavy atom. The molecule has 0 aliphatic carbocycles. The molecule has 1 unspecified atom stereocenters. The first-order chi connectivity index (χ1) is 17.1. The minimum atomic E-state index is -0.249. The maximum absolute atomic E-state index is 12.9. The fourth-order valence-corrected chi connectivity index (χ4v) is 4.75. The van der Waals surface area contributed by atoms with Crippen LogP contribution in [0.3, 0.4) is 0 Å². The maximum atomic E-state index is 12.9. The molecule has 2 aromatic carbocycles. The number of nitrogens with one attached hydrogen (secondary N) is 1. The van der Waals surface area contributed by atoms with Gasteiger partial charge in [0.05, 0.1) is 18.9 Å². The number of carbonyl (C=O) groups excluding carboxylic acids is 3. The average Bonchev–Trinajstić information content (AvgIpc) is 3.19. The smallest absolute Gasteiger partial charge is 0.253 e. The molecule has 0 bridgehead atoms. The Bertz CT molecular complexity index is 985. The Morgan fingerprint density at radius 1 is 0.829 bits per heavy atom. The molecule has 35 heavy (non-hydrogen) atoms. The Balaban J connectivity index is 1.25. The summed E-state index contributed by atoms with van der Waals surface area (Å²) in [5.74, 6) is 0.475. The van der Waals surface area contributed by atoms with Crippen molar-refractivity contribution in [1.82, 2.24) is 9.80 Å². The average molecular weight is 478 g/mol. The third kappa shape index (κ3) is 7.07. The third-order valence-corrected chi connectivity index (χ3v) is 6.77. The monoisotopic (exact) mass is 477 g/mol. The van der Waals surface area contributed by atoms with Crippen LogP contribution in [0.4, 0.5) is 5.69 Å². The molecule has 0 aromatic heterocycles. The van der Waals surface area contributed by atoms with Crippen molar-refractivity contribution in [3.8, 4) is 5.75 Å². The van der Waals surface area contributed by atoms with Crippen molar-refractivity contribution in [2.75, 3.05) is 38.1 Å².